The smallest absolute Gasteiger partial charge is 0.289 e. The van der Waals surface area contributed by atoms with Gasteiger partial charge in [-0.15, -0.1) is 0 Å². The number of imidazole rings is 1. The van der Waals surface area contributed by atoms with Gasteiger partial charge in [0.25, 0.3) is 5.91 Å². The molecule has 6 heteroatoms. The van der Waals surface area contributed by atoms with Gasteiger partial charge in [0.1, 0.15) is 5.82 Å². The summed E-state index contributed by atoms with van der Waals surface area (Å²) in [5, 5.41) is 0. The Morgan fingerprint density at radius 3 is 2.96 bits per heavy atom. The highest BCUT2D eigenvalue weighted by atomic mass is 16.3. The molecule has 23 heavy (non-hydrogen) atoms. The maximum absolute atomic E-state index is 12.7. The number of hydrogen-bond acceptors (Lipinski definition) is 4. The van der Waals surface area contributed by atoms with E-state index in [2.05, 4.69) is 14.5 Å². The molecular weight excluding hydrogens is 292 g/mol. The number of nitrogens with zero attached hydrogens (tertiary/aromatic N) is 4. The van der Waals surface area contributed by atoms with Crippen molar-refractivity contribution >= 4 is 5.91 Å². The first-order valence-electron chi connectivity index (χ1n) is 8.35. The molecule has 1 saturated heterocycles. The Bertz CT molecular complexity index is 658. The van der Waals surface area contributed by atoms with Crippen molar-refractivity contribution in [3.8, 4) is 0 Å². The Balaban J connectivity index is 1.55. The molecule has 1 atom stereocenters. The molecule has 4 rings (SSSR count). The Kier molecular flexibility index (Phi) is 3.91. The van der Waals surface area contributed by atoms with Crippen molar-refractivity contribution in [2.75, 3.05) is 26.2 Å². The van der Waals surface area contributed by atoms with Gasteiger partial charge < -0.3 is 18.8 Å². The Morgan fingerprint density at radius 2 is 2.17 bits per heavy atom. The molecule has 1 fully saturated rings. The monoisotopic (exact) mass is 314 g/mol. The van der Waals surface area contributed by atoms with Gasteiger partial charge in [-0.1, -0.05) is 0 Å². The second-order valence-corrected chi connectivity index (χ2v) is 6.53. The fourth-order valence-corrected chi connectivity index (χ4v) is 3.70. The summed E-state index contributed by atoms with van der Waals surface area (Å²) in [6, 6.07) is 3.49. The Morgan fingerprint density at radius 1 is 1.30 bits per heavy atom. The molecule has 0 N–H and O–H groups in total. The van der Waals surface area contributed by atoms with Crippen molar-refractivity contribution in [1.29, 1.82) is 0 Å². The Labute approximate surface area is 135 Å². The molecule has 0 aromatic carbocycles. The molecule has 4 heterocycles. The zero-order chi connectivity index (χ0) is 15.6. The predicted molar refractivity (Wildman–Crippen MR) is 84.8 cm³/mol. The zero-order valence-corrected chi connectivity index (χ0v) is 13.2. The van der Waals surface area contributed by atoms with Crippen LogP contribution in [0.2, 0.25) is 0 Å². The summed E-state index contributed by atoms with van der Waals surface area (Å²) in [5.74, 6) is 1.74. The minimum absolute atomic E-state index is 0.0436. The van der Waals surface area contributed by atoms with Crippen LogP contribution in [0.15, 0.2) is 35.2 Å². The van der Waals surface area contributed by atoms with Crippen LogP contribution in [-0.4, -0.2) is 51.4 Å². The lowest BCUT2D eigenvalue weighted by atomic mass is 10.1. The van der Waals surface area contributed by atoms with Gasteiger partial charge in [-0.05, 0) is 38.1 Å². The number of likely N-dealkylation sites (tertiary alicyclic amines) is 1. The molecule has 0 radical (unpaired) electrons. The van der Waals surface area contributed by atoms with Crippen LogP contribution in [0.3, 0.4) is 0 Å². The standard InChI is InChI=1S/C17H22N4O2/c22-17(15-4-3-9-23-15)21-12-14(10-19-6-1-2-7-19)11-20-8-5-18-16(20)13-21/h3-5,8-9,14H,1-2,6-7,10-13H2. The highest BCUT2D eigenvalue weighted by Gasteiger charge is 2.29. The van der Waals surface area contributed by atoms with Gasteiger partial charge in [0, 0.05) is 37.9 Å². The first kappa shape index (κ1) is 14.5. The van der Waals surface area contributed by atoms with E-state index < -0.39 is 0 Å². The third-order valence-electron chi connectivity index (χ3n) is 4.80. The number of rotatable bonds is 3. The average Bonchev–Trinajstić information content (AvgIpc) is 3.28. The van der Waals surface area contributed by atoms with Crippen molar-refractivity contribution in [3.05, 3.63) is 42.4 Å². The second kappa shape index (κ2) is 6.20. The summed E-state index contributed by atoms with van der Waals surface area (Å²) in [6.45, 7) is 5.62. The molecule has 122 valence electrons. The number of hydrogen-bond donors (Lipinski definition) is 0. The molecular formula is C17H22N4O2. The molecule has 2 aromatic rings. The van der Waals surface area contributed by atoms with Crippen LogP contribution in [0, 0.1) is 5.92 Å². The molecule has 2 aliphatic rings. The maximum Gasteiger partial charge on any atom is 0.289 e. The van der Waals surface area contributed by atoms with E-state index in [-0.39, 0.29) is 5.91 Å². The molecule has 2 aliphatic heterocycles. The number of carbonyl (C=O) groups excluding carboxylic acids is 1. The normalized spacial score (nSPS) is 22.1. The maximum atomic E-state index is 12.7. The molecule has 6 nitrogen and oxygen atoms in total. The largest absolute Gasteiger partial charge is 0.459 e. The van der Waals surface area contributed by atoms with E-state index in [4.69, 9.17) is 4.42 Å². The van der Waals surface area contributed by atoms with Crippen molar-refractivity contribution in [1.82, 2.24) is 19.4 Å². The SMILES string of the molecule is O=C(c1ccco1)N1Cc2nccn2CC(CN2CCCC2)C1. The molecule has 0 bridgehead atoms. The van der Waals surface area contributed by atoms with Crippen LogP contribution in [0.4, 0.5) is 0 Å². The highest BCUT2D eigenvalue weighted by Crippen LogP contribution is 2.20. The van der Waals surface area contributed by atoms with Crippen LogP contribution < -0.4 is 0 Å². The van der Waals surface area contributed by atoms with Crippen LogP contribution in [0.5, 0.6) is 0 Å². The fraction of sp³-hybridized carbons (Fsp3) is 0.529. The summed E-state index contributed by atoms with van der Waals surface area (Å²) in [5.41, 5.74) is 0. The quantitative estimate of drug-likeness (QED) is 0.867. The van der Waals surface area contributed by atoms with E-state index in [0.29, 0.717) is 18.2 Å². The van der Waals surface area contributed by atoms with Gasteiger partial charge >= 0.3 is 0 Å². The summed E-state index contributed by atoms with van der Waals surface area (Å²) in [7, 11) is 0. The number of amides is 1. The summed E-state index contributed by atoms with van der Waals surface area (Å²) in [6.07, 6.45) is 7.97. The van der Waals surface area contributed by atoms with Gasteiger partial charge in [-0.3, -0.25) is 4.79 Å². The summed E-state index contributed by atoms with van der Waals surface area (Å²) < 4.78 is 7.49. The molecule has 0 aliphatic carbocycles. The van der Waals surface area contributed by atoms with Crippen molar-refractivity contribution in [2.24, 2.45) is 5.92 Å². The topological polar surface area (TPSA) is 54.5 Å². The van der Waals surface area contributed by atoms with E-state index in [1.807, 2.05) is 17.3 Å². The minimum Gasteiger partial charge on any atom is -0.459 e. The summed E-state index contributed by atoms with van der Waals surface area (Å²) >= 11 is 0. The van der Waals surface area contributed by atoms with Gasteiger partial charge in [-0.2, -0.15) is 0 Å². The van der Waals surface area contributed by atoms with Crippen LogP contribution >= 0.6 is 0 Å². The van der Waals surface area contributed by atoms with Gasteiger partial charge in [-0.25, -0.2) is 4.98 Å². The lowest BCUT2D eigenvalue weighted by molar-refractivity contribution is 0.0675. The first-order chi connectivity index (χ1) is 11.3. The van der Waals surface area contributed by atoms with Crippen LogP contribution in [0.1, 0.15) is 29.2 Å². The zero-order valence-electron chi connectivity index (χ0n) is 13.2. The van der Waals surface area contributed by atoms with Crippen molar-refractivity contribution in [3.63, 3.8) is 0 Å². The predicted octanol–water partition coefficient (Wildman–Crippen LogP) is 1.84. The van der Waals surface area contributed by atoms with Gasteiger partial charge in [0.15, 0.2) is 5.76 Å². The van der Waals surface area contributed by atoms with Gasteiger partial charge in [0.2, 0.25) is 0 Å². The molecule has 0 saturated carbocycles. The van der Waals surface area contributed by atoms with E-state index >= 15 is 0 Å². The van der Waals surface area contributed by atoms with E-state index in [9.17, 15) is 4.79 Å². The number of furan rings is 1. The van der Waals surface area contributed by atoms with Crippen LogP contribution in [-0.2, 0) is 13.1 Å². The average molecular weight is 314 g/mol. The lowest BCUT2D eigenvalue weighted by Crippen LogP contribution is -2.38. The minimum atomic E-state index is -0.0436. The second-order valence-electron chi connectivity index (χ2n) is 6.53. The highest BCUT2D eigenvalue weighted by molar-refractivity contribution is 5.91. The Hall–Kier alpha value is -2.08. The van der Waals surface area contributed by atoms with E-state index in [1.165, 1.54) is 25.9 Å². The van der Waals surface area contributed by atoms with Crippen molar-refractivity contribution in [2.45, 2.75) is 25.9 Å². The molecule has 2 aromatic heterocycles. The van der Waals surface area contributed by atoms with Crippen molar-refractivity contribution < 1.29 is 9.21 Å². The van der Waals surface area contributed by atoms with E-state index in [1.54, 1.807) is 18.4 Å². The third kappa shape index (κ3) is 3.03. The number of aromatic nitrogens is 2. The number of carbonyl (C=O) groups is 1. The molecule has 0 spiro atoms. The fourth-order valence-electron chi connectivity index (χ4n) is 3.70. The first-order valence-corrected chi connectivity index (χ1v) is 8.35. The number of fused-ring (bicyclic) bond motifs is 1. The van der Waals surface area contributed by atoms with E-state index in [0.717, 1.165) is 25.5 Å². The molecule has 1 unspecified atom stereocenters. The van der Waals surface area contributed by atoms with Gasteiger partial charge in [0.05, 0.1) is 12.8 Å². The third-order valence-corrected chi connectivity index (χ3v) is 4.80. The lowest BCUT2D eigenvalue weighted by Gasteiger charge is -2.26. The van der Waals surface area contributed by atoms with Crippen LogP contribution in [0.25, 0.3) is 0 Å². The summed E-state index contributed by atoms with van der Waals surface area (Å²) in [4.78, 5) is 21.5. The molecule has 1 amide bonds.